The van der Waals surface area contributed by atoms with Crippen LogP contribution in [0.4, 0.5) is 16.5 Å². The third-order valence-corrected chi connectivity index (χ3v) is 6.43. The van der Waals surface area contributed by atoms with Crippen LogP contribution in [-0.4, -0.2) is 29.2 Å². The van der Waals surface area contributed by atoms with Gasteiger partial charge in [0.1, 0.15) is 10.5 Å². The number of thiocarbonyl (C=S) groups is 1. The SMILES string of the molecule is CCN(CC)c1ccc(/N=N/c2nc3sc(/C=C4/NC(=S)OC4=O)cc3s2)cc1. The van der Waals surface area contributed by atoms with E-state index in [9.17, 15) is 4.79 Å². The first kappa shape index (κ1) is 19.6. The summed E-state index contributed by atoms with van der Waals surface area (Å²) in [7, 11) is 0. The summed E-state index contributed by atoms with van der Waals surface area (Å²) in [5.41, 5.74) is 2.29. The fourth-order valence-corrected chi connectivity index (χ4v) is 5.01. The molecule has 0 saturated carbocycles. The van der Waals surface area contributed by atoms with Crippen LogP contribution in [-0.2, 0) is 9.53 Å². The van der Waals surface area contributed by atoms with Gasteiger partial charge < -0.3 is 15.0 Å². The number of cyclic esters (lactones) is 1. The molecule has 10 heteroatoms. The topological polar surface area (TPSA) is 79.2 Å². The minimum atomic E-state index is -0.471. The summed E-state index contributed by atoms with van der Waals surface area (Å²) < 4.78 is 5.79. The molecular formula is C19H17N5O2S3. The van der Waals surface area contributed by atoms with Crippen molar-refractivity contribution in [1.29, 1.82) is 0 Å². The van der Waals surface area contributed by atoms with Crippen molar-refractivity contribution >= 4 is 78.1 Å². The molecule has 1 saturated heterocycles. The number of esters is 1. The summed E-state index contributed by atoms with van der Waals surface area (Å²) in [6.07, 6.45) is 1.71. The van der Waals surface area contributed by atoms with Gasteiger partial charge in [0.2, 0.25) is 5.13 Å². The van der Waals surface area contributed by atoms with Gasteiger partial charge in [0.25, 0.3) is 5.17 Å². The molecule has 0 bridgehead atoms. The monoisotopic (exact) mass is 443 g/mol. The van der Waals surface area contributed by atoms with Crippen LogP contribution in [0.2, 0.25) is 0 Å². The molecular weight excluding hydrogens is 426 g/mol. The Morgan fingerprint density at radius 1 is 1.21 bits per heavy atom. The first-order valence-corrected chi connectivity index (χ1v) is 11.0. The lowest BCUT2D eigenvalue weighted by Crippen LogP contribution is -2.21. The maximum absolute atomic E-state index is 11.6. The second kappa shape index (κ2) is 8.36. The predicted molar refractivity (Wildman–Crippen MR) is 121 cm³/mol. The number of hydrogen-bond acceptors (Lipinski definition) is 9. The van der Waals surface area contributed by atoms with E-state index in [1.54, 1.807) is 6.08 Å². The van der Waals surface area contributed by atoms with E-state index >= 15 is 0 Å². The van der Waals surface area contributed by atoms with E-state index in [2.05, 4.69) is 51.4 Å². The van der Waals surface area contributed by atoms with Crippen LogP contribution in [0, 0.1) is 0 Å². The molecule has 3 aromatic rings. The predicted octanol–water partition coefficient (Wildman–Crippen LogP) is 5.39. The van der Waals surface area contributed by atoms with Crippen molar-refractivity contribution in [2.24, 2.45) is 10.2 Å². The normalized spacial score (nSPS) is 15.4. The minimum Gasteiger partial charge on any atom is -0.394 e. The number of anilines is 1. The smallest absolute Gasteiger partial charge is 0.362 e. The molecule has 148 valence electrons. The Labute approximate surface area is 180 Å². The van der Waals surface area contributed by atoms with E-state index in [4.69, 9.17) is 17.0 Å². The number of thiophene rings is 1. The third-order valence-electron chi connectivity index (χ3n) is 4.26. The second-order valence-electron chi connectivity index (χ2n) is 6.06. The fraction of sp³-hybridized carbons (Fsp3) is 0.211. The molecule has 0 spiro atoms. The molecule has 29 heavy (non-hydrogen) atoms. The van der Waals surface area contributed by atoms with E-state index in [0.717, 1.165) is 33.2 Å². The summed E-state index contributed by atoms with van der Waals surface area (Å²) >= 11 is 7.74. The number of aromatic nitrogens is 1. The summed E-state index contributed by atoms with van der Waals surface area (Å²) in [4.78, 5) is 20.1. The average molecular weight is 444 g/mol. The largest absolute Gasteiger partial charge is 0.394 e. The van der Waals surface area contributed by atoms with E-state index in [0.29, 0.717) is 10.8 Å². The van der Waals surface area contributed by atoms with Gasteiger partial charge in [0, 0.05) is 23.7 Å². The maximum Gasteiger partial charge on any atom is 0.362 e. The zero-order valence-electron chi connectivity index (χ0n) is 15.7. The van der Waals surface area contributed by atoms with Crippen molar-refractivity contribution < 1.29 is 9.53 Å². The zero-order chi connectivity index (χ0) is 20.4. The van der Waals surface area contributed by atoms with Crippen LogP contribution in [0.5, 0.6) is 0 Å². The van der Waals surface area contributed by atoms with Gasteiger partial charge >= 0.3 is 5.97 Å². The quantitative estimate of drug-likeness (QED) is 0.238. The highest BCUT2D eigenvalue weighted by molar-refractivity contribution is 7.80. The third kappa shape index (κ3) is 4.34. The molecule has 4 rings (SSSR count). The summed E-state index contributed by atoms with van der Waals surface area (Å²) in [6, 6.07) is 9.97. The number of azo groups is 1. The highest BCUT2D eigenvalue weighted by Crippen LogP contribution is 2.36. The number of ether oxygens (including phenoxy) is 1. The summed E-state index contributed by atoms with van der Waals surface area (Å²) in [5, 5.41) is 12.0. The van der Waals surface area contributed by atoms with Crippen molar-refractivity contribution in [3.63, 3.8) is 0 Å². The first-order chi connectivity index (χ1) is 14.1. The lowest BCUT2D eigenvalue weighted by molar-refractivity contribution is -0.129. The van der Waals surface area contributed by atoms with E-state index in [1.807, 2.05) is 18.2 Å². The maximum atomic E-state index is 11.6. The summed E-state index contributed by atoms with van der Waals surface area (Å²) in [6.45, 7) is 6.21. The lowest BCUT2D eigenvalue weighted by Gasteiger charge is -2.20. The molecule has 1 aliphatic rings. The molecule has 0 radical (unpaired) electrons. The molecule has 1 aliphatic heterocycles. The Kier molecular flexibility index (Phi) is 5.65. The van der Waals surface area contributed by atoms with Gasteiger partial charge in [0.15, 0.2) is 0 Å². The molecule has 1 N–H and O–H groups in total. The van der Waals surface area contributed by atoms with Gasteiger partial charge in [-0.15, -0.1) is 21.6 Å². The lowest BCUT2D eigenvalue weighted by atomic mass is 10.2. The van der Waals surface area contributed by atoms with Crippen LogP contribution >= 0.6 is 34.9 Å². The van der Waals surface area contributed by atoms with Crippen LogP contribution in [0.15, 0.2) is 46.3 Å². The van der Waals surface area contributed by atoms with Gasteiger partial charge in [-0.3, -0.25) is 0 Å². The highest BCUT2D eigenvalue weighted by atomic mass is 32.1. The number of nitrogens with one attached hydrogen (secondary N) is 1. The standard InChI is InChI=1S/C19H17N5O2S3/c1-3-24(4-2)12-7-5-11(6-8-12)22-23-18-21-16-15(29-18)10-13(28-16)9-14-17(25)26-19(27)20-14/h5-10H,3-4H2,1-2H3,(H,20,27)/b14-9+,23-22+. The highest BCUT2D eigenvalue weighted by Gasteiger charge is 2.23. The average Bonchev–Trinajstić information content (AvgIpc) is 3.35. The molecule has 0 unspecified atom stereocenters. The van der Waals surface area contributed by atoms with E-state index in [1.165, 1.54) is 28.4 Å². The Balaban J connectivity index is 1.48. The number of rotatable bonds is 6. The van der Waals surface area contributed by atoms with Crippen molar-refractivity contribution in [2.75, 3.05) is 18.0 Å². The van der Waals surface area contributed by atoms with Gasteiger partial charge in [-0.05, 0) is 62.5 Å². The van der Waals surface area contributed by atoms with Crippen LogP contribution < -0.4 is 10.2 Å². The first-order valence-electron chi connectivity index (χ1n) is 8.97. The number of hydrogen-bond donors (Lipinski definition) is 1. The number of nitrogens with zero attached hydrogens (tertiary/aromatic N) is 4. The molecule has 1 fully saturated rings. The summed E-state index contributed by atoms with van der Waals surface area (Å²) in [5.74, 6) is -0.471. The molecule has 1 aromatic carbocycles. The zero-order valence-corrected chi connectivity index (χ0v) is 18.2. The van der Waals surface area contributed by atoms with Crippen molar-refractivity contribution in [3.05, 3.63) is 40.9 Å². The number of thiazole rings is 1. The fourth-order valence-electron chi connectivity index (χ4n) is 2.84. The molecule has 0 aliphatic carbocycles. The minimum absolute atomic E-state index is 0.0746. The Hall–Kier alpha value is -2.69. The van der Waals surface area contributed by atoms with Crippen LogP contribution in [0.25, 0.3) is 15.6 Å². The Bertz CT molecular complexity index is 1100. The molecule has 7 nitrogen and oxygen atoms in total. The molecule has 2 aromatic heterocycles. The van der Waals surface area contributed by atoms with Gasteiger partial charge in [0.05, 0.1) is 10.4 Å². The van der Waals surface area contributed by atoms with Gasteiger partial charge in [-0.1, -0.05) is 11.3 Å². The number of benzene rings is 1. The van der Waals surface area contributed by atoms with Crippen molar-refractivity contribution in [2.45, 2.75) is 13.8 Å². The van der Waals surface area contributed by atoms with E-state index in [-0.39, 0.29) is 5.17 Å². The Morgan fingerprint density at radius 2 is 1.97 bits per heavy atom. The number of carbonyl (C=O) groups is 1. The number of fused-ring (bicyclic) bond motifs is 1. The second-order valence-corrected chi connectivity index (χ2v) is 8.51. The van der Waals surface area contributed by atoms with Crippen LogP contribution in [0.3, 0.4) is 0 Å². The Morgan fingerprint density at radius 3 is 2.59 bits per heavy atom. The molecule has 0 amide bonds. The van der Waals surface area contributed by atoms with E-state index < -0.39 is 5.97 Å². The molecule has 3 heterocycles. The van der Waals surface area contributed by atoms with Crippen molar-refractivity contribution in [3.8, 4) is 0 Å². The van der Waals surface area contributed by atoms with Crippen LogP contribution in [0.1, 0.15) is 18.7 Å². The van der Waals surface area contributed by atoms with Crippen molar-refractivity contribution in [1.82, 2.24) is 10.3 Å². The van der Waals surface area contributed by atoms with Gasteiger partial charge in [-0.2, -0.15) is 0 Å². The van der Waals surface area contributed by atoms with Gasteiger partial charge in [-0.25, -0.2) is 9.78 Å². The number of carbonyl (C=O) groups excluding carboxylic acids is 1. The molecule has 0 atom stereocenters.